The molecule has 20 heavy (non-hydrogen) atoms. The summed E-state index contributed by atoms with van der Waals surface area (Å²) >= 11 is 0. The van der Waals surface area contributed by atoms with Crippen molar-refractivity contribution >= 4 is 0 Å². The molecule has 0 saturated carbocycles. The number of likely N-dealkylation sites (N-methyl/N-ethyl adjacent to an activating group) is 1. The van der Waals surface area contributed by atoms with Crippen molar-refractivity contribution in [1.82, 2.24) is 10.2 Å². The fourth-order valence-electron chi connectivity index (χ4n) is 2.14. The number of benzene rings is 1. The molecule has 0 aliphatic carbocycles. The van der Waals surface area contributed by atoms with Gasteiger partial charge >= 0.3 is 0 Å². The molecule has 1 atom stereocenters. The van der Waals surface area contributed by atoms with Crippen LogP contribution >= 0.6 is 0 Å². The average molecular weight is 278 g/mol. The minimum atomic E-state index is 0.298. The first kappa shape index (κ1) is 17.2. The first-order valence-corrected chi connectivity index (χ1v) is 7.61. The Morgan fingerprint density at radius 3 is 2.30 bits per heavy atom. The van der Waals surface area contributed by atoms with Gasteiger partial charge in [-0.1, -0.05) is 44.2 Å². The van der Waals surface area contributed by atoms with Gasteiger partial charge in [-0.05, 0) is 26.5 Å². The van der Waals surface area contributed by atoms with E-state index in [1.165, 1.54) is 5.56 Å². The highest BCUT2D eigenvalue weighted by Gasteiger charge is 2.16. The Labute approximate surface area is 124 Å². The SMILES string of the molecule is CC(C)NCC(c1ccccc1)N(C)CCOC(C)C. The third-order valence-corrected chi connectivity index (χ3v) is 3.33. The van der Waals surface area contributed by atoms with Crippen molar-refractivity contribution in [3.8, 4) is 0 Å². The molecule has 0 amide bonds. The molecule has 0 fully saturated rings. The lowest BCUT2D eigenvalue weighted by molar-refractivity contribution is 0.0554. The highest BCUT2D eigenvalue weighted by atomic mass is 16.5. The van der Waals surface area contributed by atoms with Gasteiger partial charge in [0.25, 0.3) is 0 Å². The second-order valence-corrected chi connectivity index (χ2v) is 5.89. The molecule has 1 rings (SSSR count). The van der Waals surface area contributed by atoms with Crippen LogP contribution in [0.1, 0.15) is 39.3 Å². The van der Waals surface area contributed by atoms with E-state index in [9.17, 15) is 0 Å². The molecule has 3 heteroatoms. The van der Waals surface area contributed by atoms with Crippen LogP contribution in [0.2, 0.25) is 0 Å². The van der Waals surface area contributed by atoms with Crippen LogP contribution in [0.3, 0.4) is 0 Å². The molecule has 0 aliphatic rings. The molecule has 1 aromatic rings. The van der Waals surface area contributed by atoms with Crippen LogP contribution in [0, 0.1) is 0 Å². The van der Waals surface area contributed by atoms with Crippen molar-refractivity contribution in [2.24, 2.45) is 0 Å². The summed E-state index contributed by atoms with van der Waals surface area (Å²) in [4.78, 5) is 2.37. The van der Waals surface area contributed by atoms with Crippen LogP contribution in [-0.2, 0) is 4.74 Å². The number of hydrogen-bond acceptors (Lipinski definition) is 3. The lowest BCUT2D eigenvalue weighted by atomic mass is 10.1. The van der Waals surface area contributed by atoms with Crippen molar-refractivity contribution in [1.29, 1.82) is 0 Å². The van der Waals surface area contributed by atoms with E-state index < -0.39 is 0 Å². The summed E-state index contributed by atoms with van der Waals surface area (Å²) in [5.41, 5.74) is 1.35. The van der Waals surface area contributed by atoms with E-state index in [1.807, 2.05) is 0 Å². The number of rotatable bonds is 9. The molecule has 0 radical (unpaired) electrons. The van der Waals surface area contributed by atoms with Crippen molar-refractivity contribution in [3.63, 3.8) is 0 Å². The van der Waals surface area contributed by atoms with Gasteiger partial charge < -0.3 is 10.1 Å². The lowest BCUT2D eigenvalue weighted by Crippen LogP contribution is -2.37. The highest BCUT2D eigenvalue weighted by molar-refractivity contribution is 5.19. The van der Waals surface area contributed by atoms with Crippen LogP contribution in [0.25, 0.3) is 0 Å². The molecule has 114 valence electrons. The summed E-state index contributed by atoms with van der Waals surface area (Å²) in [6.07, 6.45) is 0.298. The van der Waals surface area contributed by atoms with E-state index >= 15 is 0 Å². The van der Waals surface area contributed by atoms with Crippen molar-refractivity contribution < 1.29 is 4.74 Å². The molecular formula is C17H30N2O. The molecule has 0 heterocycles. The summed E-state index contributed by atoms with van der Waals surface area (Å²) in [6, 6.07) is 11.6. The Morgan fingerprint density at radius 1 is 1.10 bits per heavy atom. The summed E-state index contributed by atoms with van der Waals surface area (Å²) in [5.74, 6) is 0. The van der Waals surface area contributed by atoms with E-state index in [2.05, 4.69) is 75.3 Å². The quantitative estimate of drug-likeness (QED) is 0.751. The van der Waals surface area contributed by atoms with Gasteiger partial charge in [0.15, 0.2) is 0 Å². The van der Waals surface area contributed by atoms with Crippen LogP contribution < -0.4 is 5.32 Å². The molecule has 1 unspecified atom stereocenters. The largest absolute Gasteiger partial charge is 0.377 e. The van der Waals surface area contributed by atoms with E-state index in [4.69, 9.17) is 4.74 Å². The zero-order valence-corrected chi connectivity index (χ0v) is 13.6. The van der Waals surface area contributed by atoms with Crippen LogP contribution in [-0.4, -0.2) is 43.8 Å². The van der Waals surface area contributed by atoms with E-state index in [0.717, 1.165) is 19.7 Å². The Morgan fingerprint density at radius 2 is 1.75 bits per heavy atom. The van der Waals surface area contributed by atoms with Gasteiger partial charge in [-0.2, -0.15) is 0 Å². The fourth-order valence-corrected chi connectivity index (χ4v) is 2.14. The highest BCUT2D eigenvalue weighted by Crippen LogP contribution is 2.18. The van der Waals surface area contributed by atoms with Gasteiger partial charge in [-0.15, -0.1) is 0 Å². The second kappa shape index (κ2) is 9.11. The van der Waals surface area contributed by atoms with Crippen molar-refractivity contribution in [2.75, 3.05) is 26.7 Å². The first-order valence-electron chi connectivity index (χ1n) is 7.61. The number of hydrogen-bond donors (Lipinski definition) is 1. The maximum absolute atomic E-state index is 5.66. The number of nitrogens with zero attached hydrogens (tertiary/aromatic N) is 1. The van der Waals surface area contributed by atoms with Crippen LogP contribution in [0.4, 0.5) is 0 Å². The van der Waals surface area contributed by atoms with Gasteiger partial charge in [-0.25, -0.2) is 0 Å². The monoisotopic (exact) mass is 278 g/mol. The Balaban J connectivity index is 2.61. The van der Waals surface area contributed by atoms with E-state index in [1.54, 1.807) is 0 Å². The fraction of sp³-hybridized carbons (Fsp3) is 0.647. The third-order valence-electron chi connectivity index (χ3n) is 3.33. The Kier molecular flexibility index (Phi) is 7.82. The first-order chi connectivity index (χ1) is 9.50. The van der Waals surface area contributed by atoms with Crippen molar-refractivity contribution in [2.45, 2.75) is 45.9 Å². The molecule has 0 aliphatic heterocycles. The minimum absolute atomic E-state index is 0.298. The smallest absolute Gasteiger partial charge is 0.0597 e. The predicted molar refractivity (Wildman–Crippen MR) is 86.0 cm³/mol. The normalized spacial score (nSPS) is 13.4. The number of nitrogens with one attached hydrogen (secondary N) is 1. The zero-order valence-electron chi connectivity index (χ0n) is 13.6. The van der Waals surface area contributed by atoms with Gasteiger partial charge in [0.05, 0.1) is 12.7 Å². The second-order valence-electron chi connectivity index (χ2n) is 5.89. The molecule has 3 nitrogen and oxygen atoms in total. The summed E-state index contributed by atoms with van der Waals surface area (Å²) < 4.78 is 5.66. The summed E-state index contributed by atoms with van der Waals surface area (Å²) in [6.45, 7) is 11.2. The molecule has 0 saturated heterocycles. The van der Waals surface area contributed by atoms with Gasteiger partial charge in [0.1, 0.15) is 0 Å². The topological polar surface area (TPSA) is 24.5 Å². The summed E-state index contributed by atoms with van der Waals surface area (Å²) in [7, 11) is 2.17. The van der Waals surface area contributed by atoms with E-state index in [-0.39, 0.29) is 0 Å². The van der Waals surface area contributed by atoms with Gasteiger partial charge in [0.2, 0.25) is 0 Å². The Hall–Kier alpha value is -0.900. The molecule has 0 aromatic heterocycles. The van der Waals surface area contributed by atoms with E-state index in [0.29, 0.717) is 18.2 Å². The Bertz CT molecular complexity index is 351. The minimum Gasteiger partial charge on any atom is -0.377 e. The van der Waals surface area contributed by atoms with Crippen LogP contribution in [0.5, 0.6) is 0 Å². The molecule has 1 aromatic carbocycles. The molecule has 0 spiro atoms. The maximum atomic E-state index is 5.66. The zero-order chi connectivity index (χ0) is 15.0. The molecule has 0 bridgehead atoms. The van der Waals surface area contributed by atoms with Crippen LogP contribution in [0.15, 0.2) is 30.3 Å². The lowest BCUT2D eigenvalue weighted by Gasteiger charge is -2.29. The average Bonchev–Trinajstić information content (AvgIpc) is 2.39. The maximum Gasteiger partial charge on any atom is 0.0597 e. The van der Waals surface area contributed by atoms with Crippen molar-refractivity contribution in [3.05, 3.63) is 35.9 Å². The third kappa shape index (κ3) is 6.51. The molecular weight excluding hydrogens is 248 g/mol. The van der Waals surface area contributed by atoms with Gasteiger partial charge in [0, 0.05) is 25.2 Å². The summed E-state index contributed by atoms with van der Waals surface area (Å²) in [5, 5.41) is 3.54. The van der Waals surface area contributed by atoms with Gasteiger partial charge in [-0.3, -0.25) is 4.90 Å². The molecule has 1 N–H and O–H groups in total. The number of ether oxygens (including phenoxy) is 1. The standard InChI is InChI=1S/C17H30N2O/c1-14(2)18-13-17(16-9-7-6-8-10-16)19(5)11-12-20-15(3)4/h6-10,14-15,17-18H,11-13H2,1-5H3. The predicted octanol–water partition coefficient (Wildman–Crippen LogP) is 3.08.